The summed E-state index contributed by atoms with van der Waals surface area (Å²) in [6.45, 7) is 4.88. The van der Waals surface area contributed by atoms with E-state index in [0.717, 1.165) is 28.4 Å². The van der Waals surface area contributed by atoms with Crippen LogP contribution in [0, 0.1) is 6.92 Å². The molecule has 0 aliphatic rings. The largest absolute Gasteiger partial charge is 0.492 e. The van der Waals surface area contributed by atoms with E-state index >= 15 is 0 Å². The van der Waals surface area contributed by atoms with Crippen LogP contribution in [0.5, 0.6) is 5.75 Å². The number of para-hydroxylation sites is 1. The molecule has 0 amide bonds. The number of rotatable bonds is 6. The number of hydrogen-bond donors (Lipinski definition) is 1. The van der Waals surface area contributed by atoms with E-state index in [1.807, 2.05) is 36.9 Å². The van der Waals surface area contributed by atoms with Crippen molar-refractivity contribution in [3.8, 4) is 5.75 Å². The summed E-state index contributed by atoms with van der Waals surface area (Å²) in [6.07, 6.45) is 0. The van der Waals surface area contributed by atoms with Gasteiger partial charge in [-0.1, -0.05) is 25.1 Å². The highest BCUT2D eigenvalue weighted by Gasteiger charge is 2.05. The SMILES string of the molecule is CCSCCOc1c(C)cccc1CO. The minimum absolute atomic E-state index is 0.0396. The van der Waals surface area contributed by atoms with Crippen LogP contribution < -0.4 is 4.74 Å². The average Bonchev–Trinajstić information content (AvgIpc) is 2.26. The van der Waals surface area contributed by atoms with Gasteiger partial charge in [-0.2, -0.15) is 11.8 Å². The Morgan fingerprint density at radius 3 is 2.87 bits per heavy atom. The molecule has 0 heterocycles. The monoisotopic (exact) mass is 226 g/mol. The zero-order valence-electron chi connectivity index (χ0n) is 9.32. The number of aliphatic hydroxyl groups is 1. The topological polar surface area (TPSA) is 29.5 Å². The van der Waals surface area contributed by atoms with Crippen LogP contribution in [0.25, 0.3) is 0 Å². The van der Waals surface area contributed by atoms with Crippen molar-refractivity contribution < 1.29 is 9.84 Å². The van der Waals surface area contributed by atoms with Crippen molar-refractivity contribution in [1.29, 1.82) is 0 Å². The third-order valence-electron chi connectivity index (χ3n) is 2.14. The highest BCUT2D eigenvalue weighted by Crippen LogP contribution is 2.23. The molecule has 2 nitrogen and oxygen atoms in total. The highest BCUT2D eigenvalue weighted by atomic mass is 32.2. The van der Waals surface area contributed by atoms with Gasteiger partial charge in [-0.3, -0.25) is 0 Å². The molecule has 0 aliphatic heterocycles. The molecule has 0 aliphatic carbocycles. The second-order valence-corrected chi connectivity index (χ2v) is 4.66. The van der Waals surface area contributed by atoms with E-state index in [-0.39, 0.29) is 6.61 Å². The number of aryl methyl sites for hydroxylation is 1. The third-order valence-corrected chi connectivity index (χ3v) is 3.01. The minimum atomic E-state index is 0.0396. The lowest BCUT2D eigenvalue weighted by molar-refractivity contribution is 0.267. The van der Waals surface area contributed by atoms with Crippen LogP contribution in [0.2, 0.25) is 0 Å². The van der Waals surface area contributed by atoms with Gasteiger partial charge in [-0.05, 0) is 18.2 Å². The summed E-state index contributed by atoms with van der Waals surface area (Å²) < 4.78 is 5.68. The quantitative estimate of drug-likeness (QED) is 0.756. The van der Waals surface area contributed by atoms with Crippen molar-refractivity contribution >= 4 is 11.8 Å². The lowest BCUT2D eigenvalue weighted by atomic mass is 10.1. The van der Waals surface area contributed by atoms with Gasteiger partial charge < -0.3 is 9.84 Å². The Bertz CT molecular complexity index is 300. The van der Waals surface area contributed by atoms with Gasteiger partial charge >= 0.3 is 0 Å². The molecule has 1 aromatic rings. The van der Waals surface area contributed by atoms with Gasteiger partial charge in [0.15, 0.2) is 0 Å². The smallest absolute Gasteiger partial charge is 0.127 e. The first-order valence-corrected chi connectivity index (χ1v) is 6.35. The van der Waals surface area contributed by atoms with E-state index in [9.17, 15) is 0 Å². The summed E-state index contributed by atoms with van der Waals surface area (Å²) >= 11 is 1.86. The number of hydrogen-bond acceptors (Lipinski definition) is 3. The summed E-state index contributed by atoms with van der Waals surface area (Å²) in [6, 6.07) is 5.84. The molecule has 84 valence electrons. The molecule has 0 radical (unpaired) electrons. The molecule has 0 bridgehead atoms. The fraction of sp³-hybridized carbons (Fsp3) is 0.500. The summed E-state index contributed by atoms with van der Waals surface area (Å²) in [4.78, 5) is 0. The molecule has 3 heteroatoms. The van der Waals surface area contributed by atoms with Gasteiger partial charge in [0.1, 0.15) is 5.75 Å². The second kappa shape index (κ2) is 6.75. The van der Waals surface area contributed by atoms with Crippen molar-refractivity contribution in [2.45, 2.75) is 20.5 Å². The van der Waals surface area contributed by atoms with E-state index in [0.29, 0.717) is 6.61 Å². The van der Waals surface area contributed by atoms with Crippen molar-refractivity contribution in [1.82, 2.24) is 0 Å². The van der Waals surface area contributed by atoms with Crippen LogP contribution in [-0.2, 0) is 6.61 Å². The Kier molecular flexibility index (Phi) is 5.58. The average molecular weight is 226 g/mol. The highest BCUT2D eigenvalue weighted by molar-refractivity contribution is 7.99. The Hall–Kier alpha value is -0.670. The van der Waals surface area contributed by atoms with Gasteiger partial charge in [0.05, 0.1) is 13.2 Å². The van der Waals surface area contributed by atoms with E-state index in [4.69, 9.17) is 9.84 Å². The fourth-order valence-electron chi connectivity index (χ4n) is 1.39. The molecule has 0 saturated heterocycles. The number of benzene rings is 1. The molecular weight excluding hydrogens is 208 g/mol. The van der Waals surface area contributed by atoms with Crippen LogP contribution in [0.15, 0.2) is 18.2 Å². The summed E-state index contributed by atoms with van der Waals surface area (Å²) in [5.74, 6) is 2.95. The number of aliphatic hydroxyl groups excluding tert-OH is 1. The molecule has 1 N–H and O–H groups in total. The predicted molar refractivity (Wildman–Crippen MR) is 65.6 cm³/mol. The van der Waals surface area contributed by atoms with E-state index in [2.05, 4.69) is 6.92 Å². The standard InChI is InChI=1S/C12H18O2S/c1-3-15-8-7-14-12-10(2)5-4-6-11(12)9-13/h4-6,13H,3,7-9H2,1-2H3. The Labute approximate surface area is 95.7 Å². The van der Waals surface area contributed by atoms with Crippen LogP contribution in [-0.4, -0.2) is 23.2 Å². The maximum absolute atomic E-state index is 9.16. The van der Waals surface area contributed by atoms with Gasteiger partial charge in [0, 0.05) is 11.3 Å². The lowest BCUT2D eigenvalue weighted by Crippen LogP contribution is -2.04. The van der Waals surface area contributed by atoms with Crippen LogP contribution in [0.1, 0.15) is 18.1 Å². The zero-order chi connectivity index (χ0) is 11.1. The normalized spacial score (nSPS) is 10.3. The van der Waals surface area contributed by atoms with E-state index < -0.39 is 0 Å². The lowest BCUT2D eigenvalue weighted by Gasteiger charge is -2.12. The van der Waals surface area contributed by atoms with Gasteiger partial charge in [-0.15, -0.1) is 0 Å². The first-order chi connectivity index (χ1) is 7.29. The molecular formula is C12H18O2S. The van der Waals surface area contributed by atoms with Crippen molar-refractivity contribution in [2.24, 2.45) is 0 Å². The summed E-state index contributed by atoms with van der Waals surface area (Å²) in [5.41, 5.74) is 1.96. The molecule has 0 unspecified atom stereocenters. The van der Waals surface area contributed by atoms with Crippen molar-refractivity contribution in [3.05, 3.63) is 29.3 Å². The van der Waals surface area contributed by atoms with E-state index in [1.165, 1.54) is 0 Å². The van der Waals surface area contributed by atoms with Gasteiger partial charge in [0.2, 0.25) is 0 Å². The first-order valence-electron chi connectivity index (χ1n) is 5.19. The van der Waals surface area contributed by atoms with Crippen LogP contribution >= 0.6 is 11.8 Å². The van der Waals surface area contributed by atoms with Crippen molar-refractivity contribution in [3.63, 3.8) is 0 Å². The molecule has 0 spiro atoms. The Morgan fingerprint density at radius 2 is 2.20 bits per heavy atom. The van der Waals surface area contributed by atoms with Gasteiger partial charge in [0.25, 0.3) is 0 Å². The fourth-order valence-corrected chi connectivity index (χ4v) is 1.88. The minimum Gasteiger partial charge on any atom is -0.492 e. The Balaban J connectivity index is 2.58. The number of thioether (sulfide) groups is 1. The maximum atomic E-state index is 9.16. The second-order valence-electron chi connectivity index (χ2n) is 3.27. The van der Waals surface area contributed by atoms with Crippen LogP contribution in [0.3, 0.4) is 0 Å². The molecule has 1 aromatic carbocycles. The third kappa shape index (κ3) is 3.76. The molecule has 0 saturated carbocycles. The molecule has 0 atom stereocenters. The molecule has 15 heavy (non-hydrogen) atoms. The Morgan fingerprint density at radius 1 is 1.40 bits per heavy atom. The van der Waals surface area contributed by atoms with E-state index in [1.54, 1.807) is 0 Å². The molecule has 0 aromatic heterocycles. The van der Waals surface area contributed by atoms with Gasteiger partial charge in [-0.25, -0.2) is 0 Å². The molecule has 0 fully saturated rings. The van der Waals surface area contributed by atoms with Crippen LogP contribution in [0.4, 0.5) is 0 Å². The first kappa shape index (κ1) is 12.4. The predicted octanol–water partition coefficient (Wildman–Crippen LogP) is 2.62. The number of ether oxygens (including phenoxy) is 1. The van der Waals surface area contributed by atoms with Crippen molar-refractivity contribution in [2.75, 3.05) is 18.1 Å². The summed E-state index contributed by atoms with van der Waals surface area (Å²) in [7, 11) is 0. The summed E-state index contributed by atoms with van der Waals surface area (Å²) in [5, 5.41) is 9.16. The maximum Gasteiger partial charge on any atom is 0.127 e. The zero-order valence-corrected chi connectivity index (χ0v) is 10.1. The molecule has 1 rings (SSSR count).